The molecular weight excluding hydrogens is 200 g/mol. The zero-order valence-corrected chi connectivity index (χ0v) is 10.8. The molecule has 3 nitrogen and oxygen atoms in total. The lowest BCUT2D eigenvalue weighted by atomic mass is 9.88. The number of hydrogen-bond donors (Lipinski definition) is 2. The van der Waals surface area contributed by atoms with E-state index in [0.29, 0.717) is 0 Å². The monoisotopic (exact) mass is 222 g/mol. The van der Waals surface area contributed by atoms with Gasteiger partial charge in [0.2, 0.25) is 0 Å². The minimum atomic E-state index is -0.465. The van der Waals surface area contributed by atoms with Crippen LogP contribution in [0.1, 0.15) is 36.6 Å². The van der Waals surface area contributed by atoms with Crippen molar-refractivity contribution < 1.29 is 4.74 Å². The summed E-state index contributed by atoms with van der Waals surface area (Å²) in [7, 11) is 1.66. The number of rotatable bonds is 3. The first-order valence-corrected chi connectivity index (χ1v) is 5.47. The van der Waals surface area contributed by atoms with Crippen molar-refractivity contribution in [3.8, 4) is 5.75 Å². The molecule has 0 fully saturated rings. The highest BCUT2D eigenvalue weighted by molar-refractivity contribution is 5.46. The highest BCUT2D eigenvalue weighted by atomic mass is 16.5. The van der Waals surface area contributed by atoms with Gasteiger partial charge in [0.25, 0.3) is 0 Å². The standard InChI is InChI=1S/C13H22N2O/c1-8-6-9(2)11(16-5)10(7-8)12(14)13(3,4)15/h6-7,12H,14-15H2,1-5H3. The van der Waals surface area contributed by atoms with E-state index < -0.39 is 5.54 Å². The fourth-order valence-electron chi connectivity index (χ4n) is 1.90. The molecule has 90 valence electrons. The quantitative estimate of drug-likeness (QED) is 0.822. The maximum atomic E-state index is 6.18. The lowest BCUT2D eigenvalue weighted by molar-refractivity contribution is 0.374. The minimum Gasteiger partial charge on any atom is -0.496 e. The van der Waals surface area contributed by atoms with Crippen molar-refractivity contribution in [1.82, 2.24) is 0 Å². The van der Waals surface area contributed by atoms with Crippen molar-refractivity contribution in [3.63, 3.8) is 0 Å². The van der Waals surface area contributed by atoms with E-state index >= 15 is 0 Å². The van der Waals surface area contributed by atoms with Gasteiger partial charge in [0.15, 0.2) is 0 Å². The van der Waals surface area contributed by atoms with Crippen molar-refractivity contribution in [2.45, 2.75) is 39.3 Å². The highest BCUT2D eigenvalue weighted by Crippen LogP contribution is 2.32. The van der Waals surface area contributed by atoms with Gasteiger partial charge in [-0.2, -0.15) is 0 Å². The van der Waals surface area contributed by atoms with Crippen LogP contribution in [-0.4, -0.2) is 12.6 Å². The number of hydrogen-bond acceptors (Lipinski definition) is 3. The van der Waals surface area contributed by atoms with E-state index in [9.17, 15) is 0 Å². The van der Waals surface area contributed by atoms with Gasteiger partial charge in [-0.25, -0.2) is 0 Å². The Kier molecular flexibility index (Phi) is 3.61. The van der Waals surface area contributed by atoms with Crippen LogP contribution < -0.4 is 16.2 Å². The Hall–Kier alpha value is -1.06. The molecule has 0 aliphatic carbocycles. The number of benzene rings is 1. The average molecular weight is 222 g/mol. The SMILES string of the molecule is COc1c(C)cc(C)cc1C(N)C(C)(C)N. The average Bonchev–Trinajstić information content (AvgIpc) is 2.14. The maximum absolute atomic E-state index is 6.18. The summed E-state index contributed by atoms with van der Waals surface area (Å²) in [4.78, 5) is 0. The molecule has 0 spiro atoms. The Labute approximate surface area is 97.8 Å². The van der Waals surface area contributed by atoms with E-state index in [1.165, 1.54) is 5.56 Å². The smallest absolute Gasteiger partial charge is 0.126 e. The molecule has 0 saturated carbocycles. The van der Waals surface area contributed by atoms with Crippen molar-refractivity contribution in [2.75, 3.05) is 7.11 Å². The molecule has 0 heterocycles. The van der Waals surface area contributed by atoms with Gasteiger partial charge in [-0.15, -0.1) is 0 Å². The van der Waals surface area contributed by atoms with Crippen LogP contribution in [0, 0.1) is 13.8 Å². The van der Waals surface area contributed by atoms with Crippen LogP contribution in [0.25, 0.3) is 0 Å². The highest BCUT2D eigenvalue weighted by Gasteiger charge is 2.26. The van der Waals surface area contributed by atoms with Crippen molar-refractivity contribution in [2.24, 2.45) is 11.5 Å². The third kappa shape index (κ3) is 2.54. The second-order valence-electron chi connectivity index (χ2n) is 5.00. The third-order valence-electron chi connectivity index (χ3n) is 2.79. The summed E-state index contributed by atoms with van der Waals surface area (Å²) in [6.45, 7) is 7.92. The number of ether oxygens (including phenoxy) is 1. The molecule has 1 aromatic rings. The maximum Gasteiger partial charge on any atom is 0.126 e. The fraction of sp³-hybridized carbons (Fsp3) is 0.538. The Morgan fingerprint density at radius 2 is 1.81 bits per heavy atom. The number of nitrogens with two attached hydrogens (primary N) is 2. The minimum absolute atomic E-state index is 0.235. The predicted octanol–water partition coefficient (Wildman–Crippen LogP) is 2.05. The van der Waals surface area contributed by atoms with Crippen LogP contribution in [0.5, 0.6) is 5.75 Å². The lowest BCUT2D eigenvalue weighted by Crippen LogP contribution is -2.44. The number of aryl methyl sites for hydroxylation is 2. The van der Waals surface area contributed by atoms with Crippen LogP contribution in [0.4, 0.5) is 0 Å². The summed E-state index contributed by atoms with van der Waals surface area (Å²) in [6.07, 6.45) is 0. The lowest BCUT2D eigenvalue weighted by Gasteiger charge is -2.29. The van der Waals surface area contributed by atoms with E-state index in [1.54, 1.807) is 7.11 Å². The predicted molar refractivity (Wildman–Crippen MR) is 67.7 cm³/mol. The topological polar surface area (TPSA) is 61.3 Å². The second-order valence-corrected chi connectivity index (χ2v) is 5.00. The Balaban J connectivity index is 3.31. The summed E-state index contributed by atoms with van der Waals surface area (Å²) < 4.78 is 5.41. The second kappa shape index (κ2) is 4.44. The van der Waals surface area contributed by atoms with Gasteiger partial charge in [-0.05, 0) is 33.3 Å². The van der Waals surface area contributed by atoms with Crippen LogP contribution in [-0.2, 0) is 0 Å². The molecule has 1 rings (SSSR count). The molecule has 0 amide bonds. The van der Waals surface area contributed by atoms with E-state index in [4.69, 9.17) is 16.2 Å². The summed E-state index contributed by atoms with van der Waals surface area (Å²) in [6, 6.07) is 3.89. The summed E-state index contributed by atoms with van der Waals surface area (Å²) >= 11 is 0. The molecule has 1 atom stereocenters. The summed E-state index contributed by atoms with van der Waals surface area (Å²) in [5.74, 6) is 0.844. The molecule has 16 heavy (non-hydrogen) atoms. The van der Waals surface area contributed by atoms with Gasteiger partial charge in [0.1, 0.15) is 5.75 Å². The molecule has 3 heteroatoms. The Bertz CT molecular complexity index is 380. The third-order valence-corrected chi connectivity index (χ3v) is 2.79. The molecule has 0 aliphatic rings. The van der Waals surface area contributed by atoms with Gasteiger partial charge in [0, 0.05) is 11.1 Å². The summed E-state index contributed by atoms with van der Waals surface area (Å²) in [5, 5.41) is 0. The first kappa shape index (κ1) is 13.0. The molecule has 4 N–H and O–H groups in total. The van der Waals surface area contributed by atoms with E-state index in [0.717, 1.165) is 16.9 Å². The van der Waals surface area contributed by atoms with Gasteiger partial charge >= 0.3 is 0 Å². The van der Waals surface area contributed by atoms with Gasteiger partial charge in [-0.1, -0.05) is 17.7 Å². The van der Waals surface area contributed by atoms with Crippen LogP contribution in [0.3, 0.4) is 0 Å². The fourth-order valence-corrected chi connectivity index (χ4v) is 1.90. The Morgan fingerprint density at radius 1 is 1.25 bits per heavy atom. The van der Waals surface area contributed by atoms with Crippen molar-refractivity contribution in [3.05, 3.63) is 28.8 Å². The Morgan fingerprint density at radius 3 is 2.25 bits per heavy atom. The normalized spacial score (nSPS) is 13.7. The molecule has 0 aliphatic heterocycles. The van der Waals surface area contributed by atoms with Gasteiger partial charge < -0.3 is 16.2 Å². The van der Waals surface area contributed by atoms with E-state index in [-0.39, 0.29) is 6.04 Å². The molecule has 1 unspecified atom stereocenters. The zero-order valence-electron chi connectivity index (χ0n) is 10.8. The van der Waals surface area contributed by atoms with Crippen LogP contribution in [0.2, 0.25) is 0 Å². The van der Waals surface area contributed by atoms with Gasteiger partial charge in [0.05, 0.1) is 13.2 Å². The van der Waals surface area contributed by atoms with E-state index in [1.807, 2.05) is 33.8 Å². The van der Waals surface area contributed by atoms with Crippen LogP contribution in [0.15, 0.2) is 12.1 Å². The molecular formula is C13H22N2O. The molecule has 0 saturated heterocycles. The first-order valence-electron chi connectivity index (χ1n) is 5.47. The molecule has 1 aromatic carbocycles. The van der Waals surface area contributed by atoms with E-state index in [2.05, 4.69) is 6.07 Å². The molecule has 0 bridgehead atoms. The largest absolute Gasteiger partial charge is 0.496 e. The molecule has 0 radical (unpaired) electrons. The first-order chi connectivity index (χ1) is 7.27. The van der Waals surface area contributed by atoms with Crippen molar-refractivity contribution in [1.29, 1.82) is 0 Å². The van der Waals surface area contributed by atoms with Crippen molar-refractivity contribution >= 4 is 0 Å². The van der Waals surface area contributed by atoms with Gasteiger partial charge in [-0.3, -0.25) is 0 Å². The zero-order chi connectivity index (χ0) is 12.5. The summed E-state index contributed by atoms with van der Waals surface area (Å²) in [5.41, 5.74) is 15.0. The molecule has 0 aromatic heterocycles. The van der Waals surface area contributed by atoms with Crippen LogP contribution >= 0.6 is 0 Å². The number of methoxy groups -OCH3 is 1.